The van der Waals surface area contributed by atoms with Gasteiger partial charge >= 0.3 is 0 Å². The molecule has 0 amide bonds. The van der Waals surface area contributed by atoms with Gasteiger partial charge in [-0.25, -0.2) is 4.39 Å². The maximum absolute atomic E-state index is 12.8. The fraction of sp³-hybridized carbons (Fsp3) is 0.333. The lowest BCUT2D eigenvalue weighted by Crippen LogP contribution is -2.08. The molecule has 19 heavy (non-hydrogen) atoms. The van der Waals surface area contributed by atoms with E-state index in [4.69, 9.17) is 16.7 Å². The number of rotatable bonds is 7. The molecule has 2 N–H and O–H groups in total. The highest BCUT2D eigenvalue weighted by molar-refractivity contribution is 6.31. The summed E-state index contributed by atoms with van der Waals surface area (Å²) in [6, 6.07) is 0. The van der Waals surface area contributed by atoms with Crippen LogP contribution in [-0.4, -0.2) is 18.3 Å². The van der Waals surface area contributed by atoms with Crippen molar-refractivity contribution in [3.63, 3.8) is 0 Å². The molecule has 0 heterocycles. The Morgan fingerprint density at radius 2 is 2.00 bits per heavy atom. The molecule has 0 bridgehead atoms. The van der Waals surface area contributed by atoms with Crippen molar-refractivity contribution in [2.24, 2.45) is 0 Å². The molecular formula is C15H23ClFNO. The van der Waals surface area contributed by atoms with Crippen molar-refractivity contribution in [1.82, 2.24) is 5.32 Å². The quantitative estimate of drug-likeness (QED) is 0.687. The average Bonchev–Trinajstić information content (AvgIpc) is 2.47. The molecule has 0 fully saturated rings. The predicted molar refractivity (Wildman–Crippen MR) is 82.7 cm³/mol. The minimum atomic E-state index is -0.559. The maximum Gasteiger partial charge on any atom is 0.141 e. The second kappa shape index (κ2) is 14.7. The first kappa shape index (κ1) is 20.0. The maximum atomic E-state index is 12.8. The summed E-state index contributed by atoms with van der Waals surface area (Å²) in [5.74, 6) is -0.559. The van der Waals surface area contributed by atoms with Gasteiger partial charge in [0.2, 0.25) is 0 Å². The lowest BCUT2D eigenvalue weighted by Gasteiger charge is -2.01. The van der Waals surface area contributed by atoms with Crippen LogP contribution in [0.2, 0.25) is 0 Å². The Labute approximate surface area is 120 Å². The Morgan fingerprint density at radius 3 is 2.47 bits per heavy atom. The van der Waals surface area contributed by atoms with Crippen molar-refractivity contribution in [3.05, 3.63) is 59.6 Å². The summed E-state index contributed by atoms with van der Waals surface area (Å²) in [5.41, 5.74) is 1.01. The van der Waals surface area contributed by atoms with Crippen LogP contribution in [0.5, 0.6) is 0 Å². The van der Waals surface area contributed by atoms with Gasteiger partial charge in [0.25, 0.3) is 0 Å². The van der Waals surface area contributed by atoms with E-state index in [0.29, 0.717) is 6.54 Å². The third-order valence-electron chi connectivity index (χ3n) is 1.87. The third-order valence-corrected chi connectivity index (χ3v) is 2.18. The zero-order valence-corrected chi connectivity index (χ0v) is 12.5. The number of nitrogens with one attached hydrogen (secondary N) is 1. The van der Waals surface area contributed by atoms with E-state index in [0.717, 1.165) is 11.6 Å². The zero-order valence-electron chi connectivity index (χ0n) is 11.8. The van der Waals surface area contributed by atoms with Crippen molar-refractivity contribution < 1.29 is 9.50 Å². The fourth-order valence-corrected chi connectivity index (χ4v) is 1.09. The number of hydrogen-bond acceptors (Lipinski definition) is 2. The summed E-state index contributed by atoms with van der Waals surface area (Å²) in [5, 5.41) is 11.6. The normalized spacial score (nSPS) is 13.1. The van der Waals surface area contributed by atoms with Crippen LogP contribution in [0.3, 0.4) is 0 Å². The lowest BCUT2D eigenvalue weighted by atomic mass is 10.2. The van der Waals surface area contributed by atoms with Gasteiger partial charge in [0, 0.05) is 6.54 Å². The largest absolute Gasteiger partial charge is 0.392 e. The summed E-state index contributed by atoms with van der Waals surface area (Å²) in [6.45, 7) is 9.75. The minimum absolute atomic E-state index is 0.000397. The first-order chi connectivity index (χ1) is 9.15. The van der Waals surface area contributed by atoms with E-state index in [1.54, 1.807) is 12.3 Å². The first-order valence-electron chi connectivity index (χ1n) is 6.16. The minimum Gasteiger partial charge on any atom is -0.392 e. The van der Waals surface area contributed by atoms with Crippen molar-refractivity contribution in [2.45, 2.75) is 20.8 Å². The number of halogens is 2. The number of aliphatic hydroxyl groups excluding tert-OH is 1. The van der Waals surface area contributed by atoms with Gasteiger partial charge in [0.05, 0.1) is 11.6 Å². The number of allylic oxidation sites excluding steroid dienone is 5. The van der Waals surface area contributed by atoms with Crippen LogP contribution in [0.25, 0.3) is 0 Å². The number of aliphatic hydroxyl groups is 1. The van der Waals surface area contributed by atoms with Crippen LogP contribution in [0.15, 0.2) is 59.6 Å². The van der Waals surface area contributed by atoms with Gasteiger partial charge in [-0.1, -0.05) is 50.3 Å². The van der Waals surface area contributed by atoms with Gasteiger partial charge in [-0.2, -0.15) is 0 Å². The Kier molecular flexibility index (Phi) is 15.5. The van der Waals surface area contributed by atoms with Crippen molar-refractivity contribution in [1.29, 1.82) is 0 Å². The molecule has 0 spiro atoms. The van der Waals surface area contributed by atoms with E-state index in [2.05, 4.69) is 11.9 Å². The molecule has 4 heteroatoms. The van der Waals surface area contributed by atoms with Gasteiger partial charge in [-0.3, -0.25) is 0 Å². The Balaban J connectivity index is 0. The first-order valence-corrected chi connectivity index (χ1v) is 6.53. The standard InChI is InChI=1S/C13H17ClFNO.C2H6/c1-3-11(6-5-9-17)10-16-8-7-12(14)13(15)4-2;1-2/h3-8,16-17H,2,9-10H2,1H3;1-2H3/b6-5-,8-7+,11-3+,13-12-;. The summed E-state index contributed by atoms with van der Waals surface area (Å²) in [6.07, 6.45) is 9.39. The molecule has 0 saturated carbocycles. The molecule has 0 aliphatic carbocycles. The Bertz CT molecular complexity index is 357. The van der Waals surface area contributed by atoms with Crippen LogP contribution in [0.1, 0.15) is 20.8 Å². The molecule has 0 atom stereocenters. The zero-order chi connectivity index (χ0) is 15.1. The van der Waals surface area contributed by atoms with E-state index < -0.39 is 5.83 Å². The highest BCUT2D eigenvalue weighted by atomic mass is 35.5. The molecule has 0 radical (unpaired) electrons. The molecule has 0 aromatic carbocycles. The lowest BCUT2D eigenvalue weighted by molar-refractivity contribution is 0.342. The molecule has 0 aliphatic rings. The van der Waals surface area contributed by atoms with Crippen molar-refractivity contribution >= 4 is 11.6 Å². The fourth-order valence-electron chi connectivity index (χ4n) is 0.947. The predicted octanol–water partition coefficient (Wildman–Crippen LogP) is 4.22. The summed E-state index contributed by atoms with van der Waals surface area (Å²) in [7, 11) is 0. The van der Waals surface area contributed by atoms with E-state index >= 15 is 0 Å². The van der Waals surface area contributed by atoms with Gasteiger partial charge in [0.15, 0.2) is 0 Å². The molecule has 0 aliphatic heterocycles. The third kappa shape index (κ3) is 11.5. The highest BCUT2D eigenvalue weighted by Gasteiger charge is 1.94. The molecule has 0 saturated heterocycles. The second-order valence-electron chi connectivity index (χ2n) is 3.06. The molecule has 0 aromatic rings. The monoisotopic (exact) mass is 287 g/mol. The van der Waals surface area contributed by atoms with Crippen LogP contribution >= 0.6 is 11.6 Å². The van der Waals surface area contributed by atoms with Gasteiger partial charge < -0.3 is 10.4 Å². The Hall–Kier alpha value is -1.32. The Morgan fingerprint density at radius 1 is 1.37 bits per heavy atom. The smallest absolute Gasteiger partial charge is 0.141 e. The molecule has 0 aromatic heterocycles. The van der Waals surface area contributed by atoms with E-state index in [1.165, 1.54) is 6.08 Å². The second-order valence-corrected chi connectivity index (χ2v) is 3.47. The average molecular weight is 288 g/mol. The van der Waals surface area contributed by atoms with Crippen LogP contribution in [0, 0.1) is 0 Å². The van der Waals surface area contributed by atoms with Crippen molar-refractivity contribution in [3.8, 4) is 0 Å². The van der Waals surface area contributed by atoms with Gasteiger partial charge in [-0.15, -0.1) is 0 Å². The van der Waals surface area contributed by atoms with E-state index in [9.17, 15) is 4.39 Å². The van der Waals surface area contributed by atoms with Crippen LogP contribution in [-0.2, 0) is 0 Å². The SMILES string of the molecule is C=C/C(F)=C(Cl)\C=C\NCC(/C=C\CO)=C/C.CC. The summed E-state index contributed by atoms with van der Waals surface area (Å²) in [4.78, 5) is 0. The molecule has 0 rings (SSSR count). The summed E-state index contributed by atoms with van der Waals surface area (Å²) < 4.78 is 12.8. The van der Waals surface area contributed by atoms with Crippen molar-refractivity contribution in [2.75, 3.05) is 13.2 Å². The van der Waals surface area contributed by atoms with E-state index in [-0.39, 0.29) is 11.6 Å². The van der Waals surface area contributed by atoms with Gasteiger partial charge in [-0.05, 0) is 30.8 Å². The molecule has 0 unspecified atom stereocenters. The van der Waals surface area contributed by atoms with Crippen LogP contribution in [0.4, 0.5) is 4.39 Å². The number of hydrogen-bond donors (Lipinski definition) is 2. The van der Waals surface area contributed by atoms with E-state index in [1.807, 2.05) is 32.9 Å². The van der Waals surface area contributed by atoms with Gasteiger partial charge in [0.1, 0.15) is 5.83 Å². The molecule has 108 valence electrons. The molecular weight excluding hydrogens is 265 g/mol. The summed E-state index contributed by atoms with van der Waals surface area (Å²) >= 11 is 5.61. The highest BCUT2D eigenvalue weighted by Crippen LogP contribution is 2.12. The molecule has 2 nitrogen and oxygen atoms in total. The van der Waals surface area contributed by atoms with Crippen LogP contribution < -0.4 is 5.32 Å². The topological polar surface area (TPSA) is 32.3 Å².